The number of carbonyl (C=O) groups is 1. The van der Waals surface area contributed by atoms with Gasteiger partial charge < -0.3 is 10.1 Å². The van der Waals surface area contributed by atoms with Crippen molar-refractivity contribution in [2.75, 3.05) is 11.9 Å². The molecule has 0 aliphatic heterocycles. The van der Waals surface area contributed by atoms with Crippen LogP contribution in [0.5, 0.6) is 0 Å². The molecule has 0 heterocycles. The molecule has 1 aliphatic carbocycles. The molecule has 1 aliphatic rings. The van der Waals surface area contributed by atoms with E-state index in [1.165, 1.54) is 19.3 Å². The first-order valence-corrected chi connectivity index (χ1v) is 7.11. The van der Waals surface area contributed by atoms with Gasteiger partial charge in [-0.25, -0.2) is 0 Å². The number of nitrogens with zero attached hydrogens (tertiary/aromatic N) is 1. The molecule has 1 N–H and O–H groups in total. The fourth-order valence-corrected chi connectivity index (χ4v) is 2.59. The Labute approximate surface area is 119 Å². The molecule has 4 nitrogen and oxygen atoms in total. The first-order chi connectivity index (χ1) is 9.70. The number of nitriles is 1. The summed E-state index contributed by atoms with van der Waals surface area (Å²) in [5, 5.41) is 11.7. The third-order valence-electron chi connectivity index (χ3n) is 3.78. The molecule has 2 rings (SSSR count). The number of amides is 1. The summed E-state index contributed by atoms with van der Waals surface area (Å²) in [4.78, 5) is 11.9. The lowest BCUT2D eigenvalue weighted by Gasteiger charge is -2.28. The Hall–Kier alpha value is -1.86. The molecule has 1 fully saturated rings. The van der Waals surface area contributed by atoms with Crippen molar-refractivity contribution in [3.63, 3.8) is 0 Å². The van der Waals surface area contributed by atoms with Crippen molar-refractivity contribution in [1.82, 2.24) is 0 Å². The molecule has 2 unspecified atom stereocenters. The highest BCUT2D eigenvalue weighted by atomic mass is 16.5. The summed E-state index contributed by atoms with van der Waals surface area (Å²) in [7, 11) is 0. The van der Waals surface area contributed by atoms with Crippen molar-refractivity contribution in [2.45, 2.75) is 38.7 Å². The number of benzene rings is 1. The molecule has 0 saturated heterocycles. The molecule has 4 heteroatoms. The van der Waals surface area contributed by atoms with Crippen molar-refractivity contribution < 1.29 is 9.53 Å². The van der Waals surface area contributed by atoms with Gasteiger partial charge in [-0.3, -0.25) is 4.79 Å². The van der Waals surface area contributed by atoms with E-state index in [-0.39, 0.29) is 18.6 Å². The van der Waals surface area contributed by atoms with Gasteiger partial charge in [-0.2, -0.15) is 5.26 Å². The summed E-state index contributed by atoms with van der Waals surface area (Å²) < 4.78 is 5.71. The Morgan fingerprint density at radius 3 is 2.90 bits per heavy atom. The molecular formula is C16H20N2O2. The average molecular weight is 272 g/mol. The van der Waals surface area contributed by atoms with E-state index in [4.69, 9.17) is 10.00 Å². The van der Waals surface area contributed by atoms with E-state index in [1.54, 1.807) is 24.3 Å². The molecule has 0 aromatic heterocycles. The minimum Gasteiger partial charge on any atom is -0.368 e. The van der Waals surface area contributed by atoms with Crippen LogP contribution in [0.2, 0.25) is 0 Å². The quantitative estimate of drug-likeness (QED) is 0.916. The van der Waals surface area contributed by atoms with Gasteiger partial charge in [-0.05, 0) is 30.9 Å². The molecule has 1 amide bonds. The molecule has 2 atom stereocenters. The van der Waals surface area contributed by atoms with Crippen LogP contribution in [0.1, 0.15) is 38.2 Å². The second kappa shape index (κ2) is 7.06. The Balaban J connectivity index is 1.85. The summed E-state index contributed by atoms with van der Waals surface area (Å²) in [6.45, 7) is 2.22. The molecule has 1 aromatic carbocycles. The molecule has 106 valence electrons. The number of hydrogen-bond acceptors (Lipinski definition) is 3. The van der Waals surface area contributed by atoms with Crippen molar-refractivity contribution in [1.29, 1.82) is 5.26 Å². The lowest BCUT2D eigenvalue weighted by Crippen LogP contribution is -2.29. The molecular weight excluding hydrogens is 252 g/mol. The van der Waals surface area contributed by atoms with Crippen LogP contribution < -0.4 is 5.32 Å². The average Bonchev–Trinajstić information content (AvgIpc) is 2.47. The Morgan fingerprint density at radius 1 is 1.40 bits per heavy atom. The summed E-state index contributed by atoms with van der Waals surface area (Å²) in [5.41, 5.74) is 1.01. The normalized spacial score (nSPS) is 22.0. The van der Waals surface area contributed by atoms with Gasteiger partial charge in [0.05, 0.1) is 17.4 Å². The number of anilines is 1. The number of para-hydroxylation sites is 1. The Kier molecular flexibility index (Phi) is 5.14. The van der Waals surface area contributed by atoms with Gasteiger partial charge in [0.25, 0.3) is 0 Å². The molecule has 1 saturated carbocycles. The van der Waals surface area contributed by atoms with Gasteiger partial charge in [0, 0.05) is 0 Å². The van der Waals surface area contributed by atoms with Crippen molar-refractivity contribution >= 4 is 11.6 Å². The fraction of sp³-hybridized carbons (Fsp3) is 0.500. The molecule has 0 bridgehead atoms. The molecule has 20 heavy (non-hydrogen) atoms. The van der Waals surface area contributed by atoms with Gasteiger partial charge in [-0.1, -0.05) is 31.9 Å². The summed E-state index contributed by atoms with van der Waals surface area (Å²) in [6.07, 6.45) is 4.81. The smallest absolute Gasteiger partial charge is 0.250 e. The zero-order valence-corrected chi connectivity index (χ0v) is 11.8. The van der Waals surface area contributed by atoms with Crippen LogP contribution in [-0.2, 0) is 9.53 Å². The maximum atomic E-state index is 11.9. The standard InChI is InChI=1S/C16H20N2O2/c1-12-6-2-5-9-15(12)20-11-16(19)18-14-8-4-3-7-13(14)10-17/h3-4,7-8,12,15H,2,5-6,9,11H2,1H3,(H,18,19). The summed E-state index contributed by atoms with van der Waals surface area (Å²) in [5.74, 6) is 0.313. The molecule has 1 aromatic rings. The van der Waals surface area contributed by atoms with Crippen molar-refractivity contribution in [3.8, 4) is 6.07 Å². The topological polar surface area (TPSA) is 62.1 Å². The van der Waals surface area contributed by atoms with Crippen LogP contribution in [0.4, 0.5) is 5.69 Å². The SMILES string of the molecule is CC1CCCCC1OCC(=O)Nc1ccccc1C#N. The lowest BCUT2D eigenvalue weighted by atomic mass is 9.88. The van der Waals surface area contributed by atoms with Gasteiger partial charge in [0.15, 0.2) is 0 Å². The van der Waals surface area contributed by atoms with Crippen LogP contribution in [-0.4, -0.2) is 18.6 Å². The fourth-order valence-electron chi connectivity index (χ4n) is 2.59. The zero-order valence-electron chi connectivity index (χ0n) is 11.8. The van der Waals surface area contributed by atoms with E-state index >= 15 is 0 Å². The van der Waals surface area contributed by atoms with Crippen LogP contribution in [0.25, 0.3) is 0 Å². The highest BCUT2D eigenvalue weighted by Crippen LogP contribution is 2.26. The van der Waals surface area contributed by atoms with Gasteiger partial charge >= 0.3 is 0 Å². The minimum absolute atomic E-state index is 0.0504. The monoisotopic (exact) mass is 272 g/mol. The largest absolute Gasteiger partial charge is 0.368 e. The number of carbonyl (C=O) groups excluding carboxylic acids is 1. The van der Waals surface area contributed by atoms with Crippen LogP contribution in [0.3, 0.4) is 0 Å². The van der Waals surface area contributed by atoms with Gasteiger partial charge in [0.2, 0.25) is 5.91 Å². The highest BCUT2D eigenvalue weighted by molar-refractivity contribution is 5.92. The van der Waals surface area contributed by atoms with Crippen molar-refractivity contribution in [2.24, 2.45) is 5.92 Å². The van der Waals surface area contributed by atoms with Gasteiger partial charge in [0.1, 0.15) is 12.7 Å². The lowest BCUT2D eigenvalue weighted by molar-refractivity contribution is -0.124. The predicted octanol–water partition coefficient (Wildman–Crippen LogP) is 3.09. The number of nitrogens with one attached hydrogen (secondary N) is 1. The Morgan fingerprint density at radius 2 is 2.15 bits per heavy atom. The maximum absolute atomic E-state index is 11.9. The third-order valence-corrected chi connectivity index (χ3v) is 3.78. The molecule has 0 spiro atoms. The van der Waals surface area contributed by atoms with Crippen LogP contribution >= 0.6 is 0 Å². The first-order valence-electron chi connectivity index (χ1n) is 7.11. The zero-order chi connectivity index (χ0) is 14.4. The summed E-state index contributed by atoms with van der Waals surface area (Å²) >= 11 is 0. The second-order valence-corrected chi connectivity index (χ2v) is 5.32. The van der Waals surface area contributed by atoms with E-state index in [0.29, 0.717) is 17.2 Å². The second-order valence-electron chi connectivity index (χ2n) is 5.32. The van der Waals surface area contributed by atoms with E-state index in [1.807, 2.05) is 0 Å². The van der Waals surface area contributed by atoms with Crippen LogP contribution in [0, 0.1) is 17.2 Å². The van der Waals surface area contributed by atoms with E-state index in [0.717, 1.165) is 6.42 Å². The van der Waals surface area contributed by atoms with Crippen molar-refractivity contribution in [3.05, 3.63) is 29.8 Å². The predicted molar refractivity (Wildman–Crippen MR) is 77.2 cm³/mol. The maximum Gasteiger partial charge on any atom is 0.250 e. The van der Waals surface area contributed by atoms with Crippen LogP contribution in [0.15, 0.2) is 24.3 Å². The summed E-state index contributed by atoms with van der Waals surface area (Å²) in [6, 6.07) is 9.02. The molecule has 0 radical (unpaired) electrons. The van der Waals surface area contributed by atoms with E-state index in [2.05, 4.69) is 18.3 Å². The number of rotatable bonds is 4. The van der Waals surface area contributed by atoms with E-state index < -0.39 is 0 Å². The number of ether oxygens (including phenoxy) is 1. The van der Waals surface area contributed by atoms with Gasteiger partial charge in [-0.15, -0.1) is 0 Å². The minimum atomic E-state index is -0.203. The van der Waals surface area contributed by atoms with E-state index in [9.17, 15) is 4.79 Å². The Bertz CT molecular complexity index is 507. The first kappa shape index (κ1) is 14.5. The third kappa shape index (κ3) is 3.82. The highest BCUT2D eigenvalue weighted by Gasteiger charge is 2.22. The number of hydrogen-bond donors (Lipinski definition) is 1.